The highest BCUT2D eigenvalue weighted by Crippen LogP contribution is 2.28. The van der Waals surface area contributed by atoms with Crippen LogP contribution in [0.4, 0.5) is 0 Å². The first-order valence-electron chi connectivity index (χ1n) is 6.77. The van der Waals surface area contributed by atoms with Gasteiger partial charge in [0.15, 0.2) is 21.3 Å². The molecular formula is C14H21NO4S. The minimum Gasteiger partial charge on any atom is -0.493 e. The summed E-state index contributed by atoms with van der Waals surface area (Å²) >= 11 is 0. The molecule has 0 bridgehead atoms. The standard InChI is InChI=1S/C14H21NO4S/c1-3-19-13-5-4-11(8-14(13)18-2)9-15-12-6-7-20(16,17)10-12/h4-5,8,12,15H,3,6-7,9-10H2,1-2H3. The molecule has 0 radical (unpaired) electrons. The van der Waals surface area contributed by atoms with E-state index in [0.717, 1.165) is 11.3 Å². The summed E-state index contributed by atoms with van der Waals surface area (Å²) in [4.78, 5) is 0. The molecule has 20 heavy (non-hydrogen) atoms. The molecule has 0 aliphatic carbocycles. The lowest BCUT2D eigenvalue weighted by atomic mass is 10.2. The van der Waals surface area contributed by atoms with E-state index in [4.69, 9.17) is 9.47 Å². The molecular weight excluding hydrogens is 278 g/mol. The number of rotatable bonds is 6. The number of sulfone groups is 1. The highest BCUT2D eigenvalue weighted by molar-refractivity contribution is 7.91. The molecule has 1 aliphatic heterocycles. The molecule has 1 atom stereocenters. The molecule has 0 amide bonds. The first-order chi connectivity index (χ1) is 9.54. The van der Waals surface area contributed by atoms with Crippen LogP contribution in [0.3, 0.4) is 0 Å². The lowest BCUT2D eigenvalue weighted by Gasteiger charge is -2.13. The fourth-order valence-electron chi connectivity index (χ4n) is 2.31. The number of hydrogen-bond donors (Lipinski definition) is 1. The van der Waals surface area contributed by atoms with Crippen molar-refractivity contribution < 1.29 is 17.9 Å². The smallest absolute Gasteiger partial charge is 0.161 e. The maximum Gasteiger partial charge on any atom is 0.161 e. The molecule has 112 valence electrons. The Bertz CT molecular complexity index is 556. The summed E-state index contributed by atoms with van der Waals surface area (Å²) in [7, 11) is -1.22. The maximum atomic E-state index is 11.4. The second kappa shape index (κ2) is 6.45. The third kappa shape index (κ3) is 3.86. The summed E-state index contributed by atoms with van der Waals surface area (Å²) in [6.07, 6.45) is 0.691. The molecule has 0 saturated carbocycles. The normalized spacial score (nSPS) is 20.8. The summed E-state index contributed by atoms with van der Waals surface area (Å²) in [5, 5.41) is 3.28. The van der Waals surface area contributed by atoms with Crippen LogP contribution in [0.15, 0.2) is 18.2 Å². The molecule has 1 aromatic carbocycles. The first-order valence-corrected chi connectivity index (χ1v) is 8.59. The van der Waals surface area contributed by atoms with Crippen molar-refractivity contribution in [1.82, 2.24) is 5.32 Å². The molecule has 1 N–H and O–H groups in total. The van der Waals surface area contributed by atoms with E-state index in [0.29, 0.717) is 25.3 Å². The number of benzene rings is 1. The van der Waals surface area contributed by atoms with Crippen molar-refractivity contribution >= 4 is 9.84 Å². The van der Waals surface area contributed by atoms with Gasteiger partial charge in [0.2, 0.25) is 0 Å². The second-order valence-corrected chi connectivity index (χ2v) is 7.13. The van der Waals surface area contributed by atoms with Crippen molar-refractivity contribution in [2.75, 3.05) is 25.2 Å². The van der Waals surface area contributed by atoms with Gasteiger partial charge in [-0.3, -0.25) is 0 Å². The van der Waals surface area contributed by atoms with E-state index in [-0.39, 0.29) is 17.5 Å². The largest absolute Gasteiger partial charge is 0.493 e. The molecule has 1 fully saturated rings. The van der Waals surface area contributed by atoms with Gasteiger partial charge in [0.1, 0.15) is 0 Å². The molecule has 5 nitrogen and oxygen atoms in total. The minimum absolute atomic E-state index is 0.0533. The first kappa shape index (κ1) is 15.1. The van der Waals surface area contributed by atoms with Gasteiger partial charge in [0.05, 0.1) is 25.2 Å². The van der Waals surface area contributed by atoms with Gasteiger partial charge in [0.25, 0.3) is 0 Å². The van der Waals surface area contributed by atoms with E-state index in [2.05, 4.69) is 5.32 Å². The van der Waals surface area contributed by atoms with Crippen LogP contribution >= 0.6 is 0 Å². The summed E-state index contributed by atoms with van der Waals surface area (Å²) in [5.74, 6) is 1.95. The van der Waals surface area contributed by atoms with Gasteiger partial charge in [-0.15, -0.1) is 0 Å². The van der Waals surface area contributed by atoms with Crippen LogP contribution in [-0.2, 0) is 16.4 Å². The van der Waals surface area contributed by atoms with Crippen molar-refractivity contribution in [3.8, 4) is 11.5 Å². The second-order valence-electron chi connectivity index (χ2n) is 4.90. The topological polar surface area (TPSA) is 64.6 Å². The monoisotopic (exact) mass is 299 g/mol. The number of nitrogens with one attached hydrogen (secondary N) is 1. The Labute approximate surface area is 120 Å². The summed E-state index contributed by atoms with van der Waals surface area (Å²) in [6.45, 7) is 3.15. The Hall–Kier alpha value is -1.27. The van der Waals surface area contributed by atoms with Crippen LogP contribution in [0.5, 0.6) is 11.5 Å². The lowest BCUT2D eigenvalue weighted by molar-refractivity contribution is 0.310. The summed E-state index contributed by atoms with van der Waals surface area (Å²) < 4.78 is 33.5. The minimum atomic E-state index is -2.83. The molecule has 1 unspecified atom stereocenters. The number of hydrogen-bond acceptors (Lipinski definition) is 5. The van der Waals surface area contributed by atoms with E-state index < -0.39 is 9.84 Å². The molecule has 1 aliphatic rings. The van der Waals surface area contributed by atoms with Crippen LogP contribution in [0.1, 0.15) is 18.9 Å². The molecule has 1 heterocycles. The van der Waals surface area contributed by atoms with Crippen molar-refractivity contribution in [3.05, 3.63) is 23.8 Å². The Kier molecular flexibility index (Phi) is 4.88. The Balaban J connectivity index is 1.96. The van der Waals surface area contributed by atoms with Crippen LogP contribution in [-0.4, -0.2) is 39.7 Å². The predicted octanol–water partition coefficient (Wildman–Crippen LogP) is 1.37. The van der Waals surface area contributed by atoms with Gasteiger partial charge in [-0.05, 0) is 31.0 Å². The summed E-state index contributed by atoms with van der Waals surface area (Å²) in [5.41, 5.74) is 1.05. The van der Waals surface area contributed by atoms with Crippen LogP contribution in [0.2, 0.25) is 0 Å². The molecule has 0 spiro atoms. The van der Waals surface area contributed by atoms with Crippen molar-refractivity contribution in [3.63, 3.8) is 0 Å². The van der Waals surface area contributed by atoms with Gasteiger partial charge in [-0.1, -0.05) is 6.07 Å². The molecule has 2 rings (SSSR count). The van der Waals surface area contributed by atoms with E-state index in [1.807, 2.05) is 25.1 Å². The zero-order valence-corrected chi connectivity index (χ0v) is 12.7. The zero-order valence-electron chi connectivity index (χ0n) is 11.9. The Morgan fingerprint density at radius 3 is 2.75 bits per heavy atom. The highest BCUT2D eigenvalue weighted by atomic mass is 32.2. The fourth-order valence-corrected chi connectivity index (χ4v) is 4.02. The average molecular weight is 299 g/mol. The van der Waals surface area contributed by atoms with Crippen molar-refractivity contribution in [1.29, 1.82) is 0 Å². The molecule has 1 saturated heterocycles. The molecule has 6 heteroatoms. The Morgan fingerprint density at radius 2 is 2.15 bits per heavy atom. The quantitative estimate of drug-likeness (QED) is 0.859. The molecule has 1 aromatic rings. The van der Waals surface area contributed by atoms with E-state index in [9.17, 15) is 8.42 Å². The summed E-state index contributed by atoms with van der Waals surface area (Å²) in [6, 6.07) is 5.81. The fraction of sp³-hybridized carbons (Fsp3) is 0.571. The number of ether oxygens (including phenoxy) is 2. The maximum absolute atomic E-state index is 11.4. The van der Waals surface area contributed by atoms with Crippen molar-refractivity contribution in [2.24, 2.45) is 0 Å². The SMILES string of the molecule is CCOc1ccc(CNC2CCS(=O)(=O)C2)cc1OC. The zero-order chi connectivity index (χ0) is 14.6. The predicted molar refractivity (Wildman–Crippen MR) is 78.1 cm³/mol. The average Bonchev–Trinajstić information content (AvgIpc) is 2.77. The van der Waals surface area contributed by atoms with Crippen molar-refractivity contribution in [2.45, 2.75) is 25.9 Å². The number of methoxy groups -OCH3 is 1. The lowest BCUT2D eigenvalue weighted by Crippen LogP contribution is -2.29. The van der Waals surface area contributed by atoms with Gasteiger partial charge in [-0.25, -0.2) is 8.42 Å². The van der Waals surface area contributed by atoms with Gasteiger partial charge in [0, 0.05) is 12.6 Å². The van der Waals surface area contributed by atoms with Crippen LogP contribution in [0, 0.1) is 0 Å². The third-order valence-corrected chi connectivity index (χ3v) is 5.12. The van der Waals surface area contributed by atoms with E-state index >= 15 is 0 Å². The Morgan fingerprint density at radius 1 is 1.35 bits per heavy atom. The van der Waals surface area contributed by atoms with E-state index in [1.165, 1.54) is 0 Å². The van der Waals surface area contributed by atoms with Gasteiger partial charge in [-0.2, -0.15) is 0 Å². The molecule has 0 aromatic heterocycles. The third-order valence-electron chi connectivity index (χ3n) is 3.36. The van der Waals surface area contributed by atoms with Crippen LogP contribution < -0.4 is 14.8 Å². The van der Waals surface area contributed by atoms with E-state index in [1.54, 1.807) is 7.11 Å². The van der Waals surface area contributed by atoms with Crippen LogP contribution in [0.25, 0.3) is 0 Å². The van der Waals surface area contributed by atoms with Gasteiger partial charge >= 0.3 is 0 Å². The highest BCUT2D eigenvalue weighted by Gasteiger charge is 2.27. The van der Waals surface area contributed by atoms with Gasteiger partial charge < -0.3 is 14.8 Å².